The van der Waals surface area contributed by atoms with Crippen molar-refractivity contribution in [2.24, 2.45) is 0 Å². The number of nitrogens with zero attached hydrogens (tertiary/aromatic N) is 2. The van der Waals surface area contributed by atoms with Crippen molar-refractivity contribution in [2.45, 2.75) is 32.0 Å². The van der Waals surface area contributed by atoms with Crippen molar-refractivity contribution in [2.75, 3.05) is 0 Å². The number of hydrogen-bond acceptors (Lipinski definition) is 5. The smallest absolute Gasteiger partial charge is 0.471 e. The van der Waals surface area contributed by atoms with Crippen LogP contribution in [0, 0.1) is 0 Å². The Morgan fingerprint density at radius 1 is 1.28 bits per heavy atom. The quantitative estimate of drug-likeness (QED) is 0.822. The third-order valence-corrected chi connectivity index (χ3v) is 3.29. The van der Waals surface area contributed by atoms with E-state index in [0.29, 0.717) is 11.1 Å². The topological polar surface area (TPSA) is 105 Å². The Morgan fingerprint density at radius 3 is 2.40 bits per heavy atom. The van der Waals surface area contributed by atoms with E-state index in [2.05, 4.69) is 20.0 Å². The monoisotopic (exact) mass is 357 g/mol. The van der Waals surface area contributed by atoms with E-state index in [0.717, 1.165) is 0 Å². The average molecular weight is 357 g/mol. The Bertz CT molecular complexity index is 756. The lowest BCUT2D eigenvalue weighted by atomic mass is 10.1. The van der Waals surface area contributed by atoms with Gasteiger partial charge in [-0.25, -0.2) is 4.79 Å². The summed E-state index contributed by atoms with van der Waals surface area (Å²) in [5.41, 5.74) is 0.849. The predicted octanol–water partition coefficient (Wildman–Crippen LogP) is 2.28. The molecule has 7 nitrogen and oxygen atoms in total. The molecule has 0 radical (unpaired) electrons. The van der Waals surface area contributed by atoms with Crippen LogP contribution in [0.25, 0.3) is 11.4 Å². The SMILES string of the molecule is CCC(NC(=O)Cc1ccc(-c2noc(C(F)(F)F)n2)cc1)C(=O)O. The van der Waals surface area contributed by atoms with Crippen molar-refractivity contribution < 1.29 is 32.4 Å². The number of aromatic nitrogens is 2. The first-order valence-electron chi connectivity index (χ1n) is 7.23. The van der Waals surface area contributed by atoms with Gasteiger partial charge in [-0.15, -0.1) is 0 Å². The lowest BCUT2D eigenvalue weighted by Gasteiger charge is -2.12. The van der Waals surface area contributed by atoms with Crippen molar-refractivity contribution in [1.82, 2.24) is 15.5 Å². The summed E-state index contributed by atoms with van der Waals surface area (Å²) in [7, 11) is 0. The summed E-state index contributed by atoms with van der Waals surface area (Å²) in [6, 6.07) is 4.96. The van der Waals surface area contributed by atoms with Crippen LogP contribution in [-0.2, 0) is 22.2 Å². The second kappa shape index (κ2) is 7.32. The van der Waals surface area contributed by atoms with Gasteiger partial charge in [-0.3, -0.25) is 4.79 Å². The summed E-state index contributed by atoms with van der Waals surface area (Å²) in [5.74, 6) is -3.25. The third kappa shape index (κ3) is 4.78. The van der Waals surface area contributed by atoms with Gasteiger partial charge in [-0.05, 0) is 12.0 Å². The number of carboxylic acid groups (broad SMARTS) is 1. The second-order valence-corrected chi connectivity index (χ2v) is 5.16. The third-order valence-electron chi connectivity index (χ3n) is 3.29. The molecule has 134 valence electrons. The van der Waals surface area contributed by atoms with Crippen LogP contribution in [0.3, 0.4) is 0 Å². The summed E-state index contributed by atoms with van der Waals surface area (Å²) >= 11 is 0. The van der Waals surface area contributed by atoms with Crippen LogP contribution in [0.4, 0.5) is 13.2 Å². The fourth-order valence-electron chi connectivity index (χ4n) is 2.00. The number of amides is 1. The standard InChI is InChI=1S/C15H14F3N3O4/c1-2-10(13(23)24)19-11(22)7-8-3-5-9(6-4-8)12-20-14(25-21-12)15(16,17)18/h3-6,10H,2,7H2,1H3,(H,19,22)(H,23,24). The minimum absolute atomic E-state index is 0.0654. The van der Waals surface area contributed by atoms with Gasteiger partial charge in [0.2, 0.25) is 11.7 Å². The van der Waals surface area contributed by atoms with Gasteiger partial charge in [0.25, 0.3) is 0 Å². The Hall–Kier alpha value is -2.91. The molecule has 0 aliphatic heterocycles. The molecule has 1 amide bonds. The number of aliphatic carboxylic acids is 1. The Balaban J connectivity index is 2.03. The molecule has 0 spiro atoms. The maximum atomic E-state index is 12.4. The van der Waals surface area contributed by atoms with Crippen molar-refractivity contribution in [3.63, 3.8) is 0 Å². The number of carbonyl (C=O) groups is 2. The maximum absolute atomic E-state index is 12.4. The van der Waals surface area contributed by atoms with Gasteiger partial charge < -0.3 is 14.9 Å². The van der Waals surface area contributed by atoms with E-state index in [1.807, 2.05) is 0 Å². The molecular formula is C15H14F3N3O4. The number of benzene rings is 1. The normalized spacial score (nSPS) is 12.6. The fourth-order valence-corrected chi connectivity index (χ4v) is 2.00. The number of nitrogens with one attached hydrogen (secondary N) is 1. The number of rotatable bonds is 6. The number of carboxylic acids is 1. The van der Waals surface area contributed by atoms with Crippen molar-refractivity contribution in [3.8, 4) is 11.4 Å². The molecule has 0 bridgehead atoms. The van der Waals surface area contributed by atoms with E-state index in [4.69, 9.17) is 5.11 Å². The molecule has 1 aromatic heterocycles. The molecule has 0 fully saturated rings. The van der Waals surface area contributed by atoms with Crippen LogP contribution in [0.15, 0.2) is 28.8 Å². The molecule has 1 atom stereocenters. The first-order valence-corrected chi connectivity index (χ1v) is 7.23. The summed E-state index contributed by atoms with van der Waals surface area (Å²) < 4.78 is 41.4. The number of alkyl halides is 3. The second-order valence-electron chi connectivity index (χ2n) is 5.16. The summed E-state index contributed by atoms with van der Waals surface area (Å²) in [6.07, 6.45) is -4.53. The van der Waals surface area contributed by atoms with E-state index >= 15 is 0 Å². The maximum Gasteiger partial charge on any atom is 0.471 e. The Labute approximate surface area is 139 Å². The van der Waals surface area contributed by atoms with E-state index in [-0.39, 0.29) is 18.7 Å². The minimum Gasteiger partial charge on any atom is -0.480 e. The van der Waals surface area contributed by atoms with Gasteiger partial charge in [-0.2, -0.15) is 18.2 Å². The van der Waals surface area contributed by atoms with Gasteiger partial charge in [0.1, 0.15) is 6.04 Å². The number of halogens is 3. The highest BCUT2D eigenvalue weighted by Gasteiger charge is 2.38. The largest absolute Gasteiger partial charge is 0.480 e. The highest BCUT2D eigenvalue weighted by molar-refractivity contribution is 5.84. The van der Waals surface area contributed by atoms with E-state index in [9.17, 15) is 22.8 Å². The Morgan fingerprint density at radius 2 is 1.92 bits per heavy atom. The first kappa shape index (κ1) is 18.4. The number of hydrogen-bond donors (Lipinski definition) is 2. The molecular weight excluding hydrogens is 343 g/mol. The zero-order valence-corrected chi connectivity index (χ0v) is 13.0. The summed E-state index contributed by atoms with van der Waals surface area (Å²) in [5, 5.41) is 14.5. The van der Waals surface area contributed by atoms with Crippen LogP contribution in [0.5, 0.6) is 0 Å². The van der Waals surface area contributed by atoms with Crippen molar-refractivity contribution >= 4 is 11.9 Å². The molecule has 2 rings (SSSR count). The molecule has 0 aliphatic carbocycles. The van der Waals surface area contributed by atoms with Crippen LogP contribution >= 0.6 is 0 Å². The van der Waals surface area contributed by atoms with Crippen molar-refractivity contribution in [3.05, 3.63) is 35.7 Å². The van der Waals surface area contributed by atoms with Gasteiger partial charge in [0.05, 0.1) is 6.42 Å². The van der Waals surface area contributed by atoms with E-state index < -0.39 is 30.0 Å². The van der Waals surface area contributed by atoms with Crippen LogP contribution < -0.4 is 5.32 Å². The van der Waals surface area contributed by atoms with Gasteiger partial charge in [-0.1, -0.05) is 36.3 Å². The van der Waals surface area contributed by atoms with Crippen LogP contribution in [0.2, 0.25) is 0 Å². The minimum atomic E-state index is -4.72. The number of carbonyl (C=O) groups excluding carboxylic acids is 1. The lowest BCUT2D eigenvalue weighted by molar-refractivity contribution is -0.159. The molecule has 10 heteroatoms. The molecule has 2 N–H and O–H groups in total. The first-order chi connectivity index (χ1) is 11.7. The predicted molar refractivity (Wildman–Crippen MR) is 78.3 cm³/mol. The zero-order chi connectivity index (χ0) is 18.6. The van der Waals surface area contributed by atoms with Crippen LogP contribution in [0.1, 0.15) is 24.8 Å². The average Bonchev–Trinajstić information content (AvgIpc) is 3.03. The molecule has 2 aromatic rings. The lowest BCUT2D eigenvalue weighted by Crippen LogP contribution is -2.40. The molecule has 0 saturated heterocycles. The highest BCUT2D eigenvalue weighted by atomic mass is 19.4. The zero-order valence-electron chi connectivity index (χ0n) is 13.0. The summed E-state index contributed by atoms with van der Waals surface area (Å²) in [6.45, 7) is 1.63. The van der Waals surface area contributed by atoms with Crippen LogP contribution in [-0.4, -0.2) is 33.2 Å². The van der Waals surface area contributed by atoms with Gasteiger partial charge in [0, 0.05) is 5.56 Å². The van der Waals surface area contributed by atoms with E-state index in [1.165, 1.54) is 24.3 Å². The molecule has 1 unspecified atom stereocenters. The molecule has 0 saturated carbocycles. The Kier molecular flexibility index (Phi) is 5.40. The van der Waals surface area contributed by atoms with E-state index in [1.54, 1.807) is 6.92 Å². The fraction of sp³-hybridized carbons (Fsp3) is 0.333. The molecule has 1 aromatic carbocycles. The highest BCUT2D eigenvalue weighted by Crippen LogP contribution is 2.29. The molecule has 1 heterocycles. The van der Waals surface area contributed by atoms with Gasteiger partial charge >= 0.3 is 18.0 Å². The molecule has 0 aliphatic rings. The molecule has 25 heavy (non-hydrogen) atoms. The van der Waals surface area contributed by atoms with Crippen molar-refractivity contribution in [1.29, 1.82) is 0 Å². The van der Waals surface area contributed by atoms with Gasteiger partial charge in [0.15, 0.2) is 0 Å². The summed E-state index contributed by atoms with van der Waals surface area (Å²) in [4.78, 5) is 26.0.